The van der Waals surface area contributed by atoms with Gasteiger partial charge in [-0.15, -0.1) is 0 Å². The van der Waals surface area contributed by atoms with Crippen molar-refractivity contribution in [2.75, 3.05) is 5.73 Å². The molecule has 0 aliphatic heterocycles. The van der Waals surface area contributed by atoms with Gasteiger partial charge in [-0.3, -0.25) is 0 Å². The van der Waals surface area contributed by atoms with Crippen molar-refractivity contribution >= 4 is 28.3 Å². The van der Waals surface area contributed by atoms with Gasteiger partial charge in [-0.25, -0.2) is 4.79 Å². The number of allylic oxidation sites excluding steroid dienone is 1. The van der Waals surface area contributed by atoms with Crippen LogP contribution in [0.15, 0.2) is 17.3 Å². The molecule has 8 heteroatoms. The first-order chi connectivity index (χ1) is 8.66. The molecule has 18 heavy (non-hydrogen) atoms. The Bertz CT molecular complexity index is 497. The Morgan fingerprint density at radius 2 is 2.50 bits per heavy atom. The zero-order valence-electron chi connectivity index (χ0n) is 9.44. The molecule has 2 rings (SSSR count). The smallest absolute Gasteiger partial charge is 0.362 e. The highest BCUT2D eigenvalue weighted by Crippen LogP contribution is 2.14. The van der Waals surface area contributed by atoms with E-state index >= 15 is 0 Å². The lowest BCUT2D eigenvalue weighted by atomic mass is 10.1. The van der Waals surface area contributed by atoms with Crippen molar-refractivity contribution in [2.45, 2.75) is 25.4 Å². The predicted molar refractivity (Wildman–Crippen MR) is 66.4 cm³/mol. The van der Waals surface area contributed by atoms with Gasteiger partial charge < -0.3 is 15.7 Å². The second-order valence-corrected chi connectivity index (χ2v) is 4.49. The highest BCUT2D eigenvalue weighted by molar-refractivity contribution is 7.09. The number of carboxylic acid groups (broad SMARTS) is 1. The third-order valence-electron chi connectivity index (χ3n) is 2.35. The molecule has 0 spiro atoms. The van der Waals surface area contributed by atoms with Crippen molar-refractivity contribution in [3.05, 3.63) is 18.0 Å². The fraction of sp³-hybridized carbons (Fsp3) is 0.400. The summed E-state index contributed by atoms with van der Waals surface area (Å²) in [4.78, 5) is 20.0. The Kier molecular flexibility index (Phi) is 3.88. The molecule has 0 amide bonds. The van der Waals surface area contributed by atoms with E-state index in [1.54, 1.807) is 0 Å². The average molecular weight is 268 g/mol. The van der Waals surface area contributed by atoms with Crippen LogP contribution in [0.25, 0.3) is 0 Å². The molecule has 0 saturated heterocycles. The van der Waals surface area contributed by atoms with E-state index in [-0.39, 0.29) is 22.8 Å². The lowest BCUT2D eigenvalue weighted by Crippen LogP contribution is -2.19. The van der Waals surface area contributed by atoms with Gasteiger partial charge in [0.15, 0.2) is 5.13 Å². The van der Waals surface area contributed by atoms with Crippen LogP contribution in [-0.2, 0) is 9.63 Å². The maximum absolute atomic E-state index is 11.0. The monoisotopic (exact) mass is 268 g/mol. The minimum absolute atomic E-state index is 0.0233. The van der Waals surface area contributed by atoms with E-state index in [0.29, 0.717) is 0 Å². The summed E-state index contributed by atoms with van der Waals surface area (Å²) in [6.07, 6.45) is 6.50. The Morgan fingerprint density at radius 1 is 1.67 bits per heavy atom. The number of oxime groups is 1. The highest BCUT2D eigenvalue weighted by Gasteiger charge is 2.20. The van der Waals surface area contributed by atoms with Gasteiger partial charge in [0.05, 0.1) is 0 Å². The first-order valence-corrected chi connectivity index (χ1v) is 6.17. The van der Waals surface area contributed by atoms with E-state index in [0.717, 1.165) is 30.8 Å². The second-order valence-electron chi connectivity index (χ2n) is 3.70. The molecule has 7 nitrogen and oxygen atoms in total. The molecular formula is C10H12N4O3S. The summed E-state index contributed by atoms with van der Waals surface area (Å²) >= 11 is 0.915. The fourth-order valence-corrected chi connectivity index (χ4v) is 1.93. The van der Waals surface area contributed by atoms with E-state index in [9.17, 15) is 4.79 Å². The highest BCUT2D eigenvalue weighted by atomic mass is 32.1. The van der Waals surface area contributed by atoms with E-state index in [1.165, 1.54) is 0 Å². The van der Waals surface area contributed by atoms with Crippen LogP contribution in [-0.4, -0.2) is 32.2 Å². The van der Waals surface area contributed by atoms with Crippen LogP contribution in [0.1, 0.15) is 25.1 Å². The van der Waals surface area contributed by atoms with Gasteiger partial charge in [0.25, 0.3) is 0 Å². The predicted octanol–water partition coefficient (Wildman–Crippen LogP) is 1.03. The normalized spacial score (nSPS) is 19.8. The second kappa shape index (κ2) is 5.58. The summed E-state index contributed by atoms with van der Waals surface area (Å²) in [5.74, 6) is -1.27. The number of anilines is 1. The number of nitrogens with zero attached hydrogens (tertiary/aromatic N) is 3. The third kappa shape index (κ3) is 3.04. The SMILES string of the molecule is Nc1nc(/C(=N/OC2C=CCCC2)C(=O)O)ns1. The Balaban J connectivity index is 2.12. The number of hydrogen-bond donors (Lipinski definition) is 2. The van der Waals surface area contributed by atoms with Crippen LogP contribution in [0.5, 0.6) is 0 Å². The van der Waals surface area contributed by atoms with Crippen molar-refractivity contribution in [1.29, 1.82) is 0 Å². The zero-order valence-corrected chi connectivity index (χ0v) is 10.3. The summed E-state index contributed by atoms with van der Waals surface area (Å²) in [5, 5.41) is 12.8. The Hall–Kier alpha value is -1.96. The molecule has 1 aromatic rings. The van der Waals surface area contributed by atoms with Crippen LogP contribution in [0.2, 0.25) is 0 Å². The molecular weight excluding hydrogens is 256 g/mol. The van der Waals surface area contributed by atoms with Crippen molar-refractivity contribution in [3.63, 3.8) is 0 Å². The van der Waals surface area contributed by atoms with Crippen LogP contribution in [0.4, 0.5) is 5.13 Å². The van der Waals surface area contributed by atoms with E-state index in [4.69, 9.17) is 15.7 Å². The standard InChI is InChI=1S/C10H12N4O3S/c11-10-12-8(14-18-10)7(9(15)16)13-17-6-4-2-1-3-5-6/h2,4,6H,1,3,5H2,(H,15,16)(H2,11,12,14)/b13-7-. The molecule has 0 radical (unpaired) electrons. The number of nitrogens with two attached hydrogens (primary N) is 1. The summed E-state index contributed by atoms with van der Waals surface area (Å²) in [6, 6.07) is 0. The summed E-state index contributed by atoms with van der Waals surface area (Å²) < 4.78 is 3.80. The summed E-state index contributed by atoms with van der Waals surface area (Å²) in [7, 11) is 0. The first kappa shape index (κ1) is 12.5. The van der Waals surface area contributed by atoms with Crippen molar-refractivity contribution in [3.8, 4) is 0 Å². The molecule has 1 aliphatic carbocycles. The molecule has 1 heterocycles. The topological polar surface area (TPSA) is 111 Å². The van der Waals surface area contributed by atoms with Crippen LogP contribution in [0.3, 0.4) is 0 Å². The third-order valence-corrected chi connectivity index (χ3v) is 2.89. The molecule has 1 unspecified atom stereocenters. The number of nitrogen functional groups attached to an aromatic ring is 1. The Labute approximate surface area is 107 Å². The molecule has 1 atom stereocenters. The lowest BCUT2D eigenvalue weighted by molar-refractivity contribution is -0.129. The van der Waals surface area contributed by atoms with Gasteiger partial charge in [0.1, 0.15) is 6.10 Å². The van der Waals surface area contributed by atoms with Gasteiger partial charge in [-0.2, -0.15) is 9.36 Å². The minimum atomic E-state index is -1.24. The molecule has 0 fully saturated rings. The van der Waals surface area contributed by atoms with Gasteiger partial charge in [-0.05, 0) is 25.3 Å². The zero-order chi connectivity index (χ0) is 13.0. The number of aliphatic carboxylic acids is 1. The van der Waals surface area contributed by atoms with Crippen LogP contribution < -0.4 is 5.73 Å². The van der Waals surface area contributed by atoms with E-state index < -0.39 is 5.97 Å². The summed E-state index contributed by atoms with van der Waals surface area (Å²) in [5.41, 5.74) is 5.07. The molecule has 3 N–H and O–H groups in total. The maximum atomic E-state index is 11.0. The van der Waals surface area contributed by atoms with E-state index in [1.807, 2.05) is 12.2 Å². The quantitative estimate of drug-likeness (QED) is 0.479. The van der Waals surface area contributed by atoms with Gasteiger partial charge >= 0.3 is 5.97 Å². The molecule has 1 aromatic heterocycles. The van der Waals surface area contributed by atoms with Crippen molar-refractivity contribution in [1.82, 2.24) is 9.36 Å². The Morgan fingerprint density at radius 3 is 3.06 bits per heavy atom. The molecule has 0 aromatic carbocycles. The van der Waals surface area contributed by atoms with Crippen molar-refractivity contribution in [2.24, 2.45) is 5.16 Å². The average Bonchev–Trinajstić information content (AvgIpc) is 2.77. The summed E-state index contributed by atoms with van der Waals surface area (Å²) in [6.45, 7) is 0. The van der Waals surface area contributed by atoms with Gasteiger partial charge in [0.2, 0.25) is 11.5 Å². The lowest BCUT2D eigenvalue weighted by Gasteiger charge is -2.13. The fourth-order valence-electron chi connectivity index (χ4n) is 1.50. The number of hydrogen-bond acceptors (Lipinski definition) is 7. The van der Waals surface area contributed by atoms with Gasteiger partial charge in [-0.1, -0.05) is 11.2 Å². The number of carboxylic acids is 1. The number of aromatic nitrogens is 2. The maximum Gasteiger partial charge on any atom is 0.362 e. The number of rotatable bonds is 4. The molecule has 1 aliphatic rings. The van der Waals surface area contributed by atoms with Crippen LogP contribution in [0, 0.1) is 0 Å². The molecule has 0 bridgehead atoms. The molecule has 0 saturated carbocycles. The minimum Gasteiger partial charge on any atom is -0.476 e. The number of carbonyl (C=O) groups is 1. The molecule has 96 valence electrons. The van der Waals surface area contributed by atoms with E-state index in [2.05, 4.69) is 14.5 Å². The van der Waals surface area contributed by atoms with Crippen LogP contribution >= 0.6 is 11.5 Å². The van der Waals surface area contributed by atoms with Crippen molar-refractivity contribution < 1.29 is 14.7 Å². The first-order valence-electron chi connectivity index (χ1n) is 5.40. The van der Waals surface area contributed by atoms with Gasteiger partial charge in [0, 0.05) is 11.5 Å². The largest absolute Gasteiger partial charge is 0.476 e.